The Bertz CT molecular complexity index is 471. The van der Waals surface area contributed by atoms with Gasteiger partial charge in [0, 0.05) is 24.4 Å². The van der Waals surface area contributed by atoms with Crippen LogP contribution in [0.25, 0.3) is 0 Å². The first-order chi connectivity index (χ1) is 7.58. The average molecular weight is 301 g/mol. The Balaban J connectivity index is 2.14. The maximum atomic E-state index is 6.15. The third-order valence-corrected chi connectivity index (χ3v) is 4.72. The summed E-state index contributed by atoms with van der Waals surface area (Å²) in [6.45, 7) is 2.07. The topological polar surface area (TPSA) is 56.7 Å². The fourth-order valence-electron chi connectivity index (χ4n) is 1.47. The Morgan fingerprint density at radius 3 is 2.88 bits per heavy atom. The van der Waals surface area contributed by atoms with Crippen LogP contribution in [0.15, 0.2) is 16.2 Å². The second-order valence-electron chi connectivity index (χ2n) is 3.72. The van der Waals surface area contributed by atoms with E-state index in [1.807, 2.05) is 7.05 Å². The maximum Gasteiger partial charge on any atom is 0.138 e. The van der Waals surface area contributed by atoms with Crippen LogP contribution in [0, 0.1) is 6.92 Å². The first-order valence-corrected chi connectivity index (χ1v) is 6.53. The minimum absolute atomic E-state index is 0.0158. The summed E-state index contributed by atoms with van der Waals surface area (Å²) in [5.41, 5.74) is 7.38. The Morgan fingerprint density at radius 1 is 1.62 bits per heavy atom. The van der Waals surface area contributed by atoms with E-state index in [1.165, 1.54) is 10.4 Å². The molecule has 16 heavy (non-hydrogen) atoms. The van der Waals surface area contributed by atoms with Crippen LogP contribution in [-0.2, 0) is 13.5 Å². The molecule has 6 heteroatoms. The van der Waals surface area contributed by atoms with Gasteiger partial charge in [-0.15, -0.1) is 11.3 Å². The molecule has 0 spiro atoms. The van der Waals surface area contributed by atoms with Gasteiger partial charge < -0.3 is 5.73 Å². The van der Waals surface area contributed by atoms with Gasteiger partial charge >= 0.3 is 0 Å². The highest BCUT2D eigenvalue weighted by molar-refractivity contribution is 9.11. The molecule has 0 amide bonds. The molecule has 0 fully saturated rings. The lowest BCUT2D eigenvalue weighted by Crippen LogP contribution is -2.14. The van der Waals surface area contributed by atoms with Gasteiger partial charge in [0.25, 0.3) is 0 Å². The molecule has 2 aromatic heterocycles. The predicted molar refractivity (Wildman–Crippen MR) is 68.4 cm³/mol. The Labute approximate surface area is 107 Å². The van der Waals surface area contributed by atoms with E-state index >= 15 is 0 Å². The normalized spacial score (nSPS) is 13.0. The fraction of sp³-hybridized carbons (Fsp3) is 0.400. The van der Waals surface area contributed by atoms with Crippen LogP contribution >= 0.6 is 27.3 Å². The summed E-state index contributed by atoms with van der Waals surface area (Å²) in [5, 5.41) is 4.03. The first kappa shape index (κ1) is 11.8. The number of hydrogen-bond acceptors (Lipinski definition) is 4. The van der Waals surface area contributed by atoms with Gasteiger partial charge in [0.15, 0.2) is 0 Å². The lowest BCUT2D eigenvalue weighted by molar-refractivity contribution is 0.635. The first-order valence-electron chi connectivity index (χ1n) is 4.92. The van der Waals surface area contributed by atoms with Gasteiger partial charge in [0.1, 0.15) is 12.2 Å². The van der Waals surface area contributed by atoms with Crippen LogP contribution in [-0.4, -0.2) is 14.8 Å². The highest BCUT2D eigenvalue weighted by atomic mass is 79.9. The lowest BCUT2D eigenvalue weighted by atomic mass is 10.1. The van der Waals surface area contributed by atoms with E-state index in [1.54, 1.807) is 22.3 Å². The number of nitrogens with zero attached hydrogens (tertiary/aromatic N) is 3. The van der Waals surface area contributed by atoms with Gasteiger partial charge in [-0.3, -0.25) is 4.68 Å². The van der Waals surface area contributed by atoms with E-state index in [4.69, 9.17) is 5.73 Å². The van der Waals surface area contributed by atoms with Crippen LogP contribution in [0.2, 0.25) is 0 Å². The third-order valence-electron chi connectivity index (χ3n) is 2.45. The van der Waals surface area contributed by atoms with E-state index in [0.717, 1.165) is 9.61 Å². The Hall–Kier alpha value is -0.720. The van der Waals surface area contributed by atoms with Crippen molar-refractivity contribution in [2.24, 2.45) is 12.8 Å². The fourth-order valence-corrected chi connectivity index (χ4v) is 3.04. The van der Waals surface area contributed by atoms with E-state index in [2.05, 4.69) is 39.0 Å². The van der Waals surface area contributed by atoms with E-state index in [9.17, 15) is 0 Å². The predicted octanol–water partition coefficient (Wildman–Crippen LogP) is 2.19. The molecule has 1 atom stereocenters. The van der Waals surface area contributed by atoms with Crippen molar-refractivity contribution in [1.29, 1.82) is 0 Å². The number of thiophene rings is 1. The summed E-state index contributed by atoms with van der Waals surface area (Å²) in [4.78, 5) is 5.35. The van der Waals surface area contributed by atoms with Crippen molar-refractivity contribution < 1.29 is 0 Å². The van der Waals surface area contributed by atoms with Crippen molar-refractivity contribution >= 4 is 27.3 Å². The zero-order valence-electron chi connectivity index (χ0n) is 9.14. The van der Waals surface area contributed by atoms with Gasteiger partial charge in [-0.1, -0.05) is 0 Å². The minimum Gasteiger partial charge on any atom is -0.323 e. The number of hydrogen-bond donors (Lipinski definition) is 1. The van der Waals surface area contributed by atoms with Crippen molar-refractivity contribution in [3.05, 3.63) is 32.4 Å². The molecule has 86 valence electrons. The molecule has 0 aliphatic carbocycles. The summed E-state index contributed by atoms with van der Waals surface area (Å²) >= 11 is 5.19. The van der Waals surface area contributed by atoms with E-state index < -0.39 is 0 Å². The van der Waals surface area contributed by atoms with Crippen molar-refractivity contribution in [3.8, 4) is 0 Å². The highest BCUT2D eigenvalue weighted by Gasteiger charge is 2.14. The Kier molecular flexibility index (Phi) is 3.41. The number of halogens is 1. The quantitative estimate of drug-likeness (QED) is 0.945. The standard InChI is InChI=1S/C10H13BrN4S/c1-6-3-8(16-10(6)11)7(12)4-9-13-5-14-15(9)2/h3,5,7H,4,12H2,1-2H3. The van der Waals surface area contributed by atoms with Gasteiger partial charge in [-0.25, -0.2) is 4.98 Å². The summed E-state index contributed by atoms with van der Waals surface area (Å²) < 4.78 is 2.91. The van der Waals surface area contributed by atoms with Crippen LogP contribution in [0.5, 0.6) is 0 Å². The monoisotopic (exact) mass is 300 g/mol. The molecule has 0 aromatic carbocycles. The molecule has 4 nitrogen and oxygen atoms in total. The number of nitrogens with two attached hydrogens (primary N) is 1. The van der Waals surface area contributed by atoms with Crippen LogP contribution in [0.3, 0.4) is 0 Å². The van der Waals surface area contributed by atoms with Crippen molar-refractivity contribution in [3.63, 3.8) is 0 Å². The molecular formula is C10H13BrN4S. The number of aromatic nitrogens is 3. The molecule has 0 saturated carbocycles. The van der Waals surface area contributed by atoms with Gasteiger partial charge in [-0.05, 0) is 34.5 Å². The second kappa shape index (κ2) is 4.65. The molecule has 2 N–H and O–H groups in total. The number of aryl methyl sites for hydroxylation is 2. The molecule has 0 aliphatic heterocycles. The summed E-state index contributed by atoms with van der Waals surface area (Å²) in [6, 6.07) is 2.10. The zero-order valence-corrected chi connectivity index (χ0v) is 11.5. The summed E-state index contributed by atoms with van der Waals surface area (Å²) in [5.74, 6) is 0.912. The second-order valence-corrected chi connectivity index (χ2v) is 6.12. The molecule has 0 saturated heterocycles. The highest BCUT2D eigenvalue weighted by Crippen LogP contribution is 2.31. The molecule has 1 unspecified atom stereocenters. The molecule has 2 rings (SSSR count). The van der Waals surface area contributed by atoms with Gasteiger partial charge in [-0.2, -0.15) is 5.10 Å². The molecule has 0 radical (unpaired) electrons. The largest absolute Gasteiger partial charge is 0.323 e. The van der Waals surface area contributed by atoms with Crippen molar-refractivity contribution in [1.82, 2.24) is 14.8 Å². The summed E-state index contributed by atoms with van der Waals surface area (Å²) in [6.07, 6.45) is 2.26. The molecule has 2 heterocycles. The van der Waals surface area contributed by atoms with E-state index in [-0.39, 0.29) is 6.04 Å². The average Bonchev–Trinajstić information content (AvgIpc) is 2.76. The van der Waals surface area contributed by atoms with Crippen LogP contribution in [0.1, 0.15) is 22.3 Å². The molecule has 0 bridgehead atoms. The minimum atomic E-state index is -0.0158. The van der Waals surface area contributed by atoms with Crippen molar-refractivity contribution in [2.75, 3.05) is 0 Å². The maximum absolute atomic E-state index is 6.15. The third kappa shape index (κ3) is 2.34. The van der Waals surface area contributed by atoms with Crippen LogP contribution < -0.4 is 5.73 Å². The molecular weight excluding hydrogens is 288 g/mol. The van der Waals surface area contributed by atoms with Crippen molar-refractivity contribution in [2.45, 2.75) is 19.4 Å². The summed E-state index contributed by atoms with van der Waals surface area (Å²) in [7, 11) is 1.88. The molecule has 0 aliphatic rings. The smallest absolute Gasteiger partial charge is 0.138 e. The van der Waals surface area contributed by atoms with Crippen LogP contribution in [0.4, 0.5) is 0 Å². The lowest BCUT2D eigenvalue weighted by Gasteiger charge is -2.08. The van der Waals surface area contributed by atoms with E-state index in [0.29, 0.717) is 6.42 Å². The van der Waals surface area contributed by atoms with Gasteiger partial charge in [0.2, 0.25) is 0 Å². The van der Waals surface area contributed by atoms with Gasteiger partial charge in [0.05, 0.1) is 3.79 Å². The molecule has 2 aromatic rings. The zero-order chi connectivity index (χ0) is 11.7. The Morgan fingerprint density at radius 2 is 2.38 bits per heavy atom. The SMILES string of the molecule is Cc1cc(C(N)Cc2ncnn2C)sc1Br. The number of rotatable bonds is 3.